The first-order valence-corrected chi connectivity index (χ1v) is 12.5. The van der Waals surface area contributed by atoms with Crippen molar-refractivity contribution in [1.82, 2.24) is 0 Å². The van der Waals surface area contributed by atoms with E-state index >= 15 is 0 Å². The van der Waals surface area contributed by atoms with Gasteiger partial charge in [0.2, 0.25) is 0 Å². The van der Waals surface area contributed by atoms with Crippen molar-refractivity contribution < 1.29 is 36.3 Å². The number of fused-ring (bicyclic) bond motifs is 2. The Hall–Kier alpha value is -2.43. The number of aliphatic hydroxyl groups is 1. The average Bonchev–Trinajstić information content (AvgIpc) is 3.05. The van der Waals surface area contributed by atoms with Crippen LogP contribution < -0.4 is 5.32 Å². The minimum absolute atomic E-state index is 0.0300. The van der Waals surface area contributed by atoms with E-state index in [9.17, 15) is 36.3 Å². The zero-order valence-electron chi connectivity index (χ0n) is 17.9. The summed E-state index contributed by atoms with van der Waals surface area (Å²) in [4.78, 5) is 24.3. The zero-order chi connectivity index (χ0) is 25.0. The van der Waals surface area contributed by atoms with Crippen molar-refractivity contribution in [3.63, 3.8) is 0 Å². The molecule has 0 saturated heterocycles. The second-order valence-electron chi connectivity index (χ2n) is 8.96. The van der Waals surface area contributed by atoms with Gasteiger partial charge in [-0.3, -0.25) is 9.59 Å². The number of carbonyl (C=O) groups excluding carboxylic acids is 2. The fraction of sp³-hybridized carbons (Fsp3) is 0.391. The highest BCUT2D eigenvalue weighted by Crippen LogP contribution is 2.51. The average molecular weight is 516 g/mol. The predicted octanol–water partition coefficient (Wildman–Crippen LogP) is 4.29. The Bertz CT molecular complexity index is 1260. The number of anilines is 1. The largest absolute Gasteiger partial charge is 0.382 e. The summed E-state index contributed by atoms with van der Waals surface area (Å²) < 4.78 is 67.2. The molecule has 4 rings (SSSR count). The number of carbonyl (C=O) groups is 2. The molecule has 0 radical (unpaired) electrons. The van der Waals surface area contributed by atoms with Crippen LogP contribution in [0.2, 0.25) is 5.02 Å². The van der Waals surface area contributed by atoms with E-state index in [4.69, 9.17) is 11.6 Å². The van der Waals surface area contributed by atoms with Gasteiger partial charge in [-0.15, -0.1) is 0 Å². The van der Waals surface area contributed by atoms with E-state index in [2.05, 4.69) is 5.32 Å². The first kappa shape index (κ1) is 24.7. The molecule has 2 aliphatic rings. The maximum absolute atomic E-state index is 13.6. The van der Waals surface area contributed by atoms with Crippen molar-refractivity contribution in [2.45, 2.75) is 48.4 Å². The molecule has 2 aromatic carbocycles. The smallest absolute Gasteiger partial charge is 0.255 e. The third-order valence-corrected chi connectivity index (χ3v) is 9.67. The summed E-state index contributed by atoms with van der Waals surface area (Å²) in [5.41, 5.74) is -2.05. The number of sulfone groups is 1. The Labute approximate surface area is 199 Å². The second kappa shape index (κ2) is 8.66. The molecule has 2 bridgehead atoms. The van der Waals surface area contributed by atoms with Crippen LogP contribution >= 0.6 is 11.6 Å². The number of amides is 1. The molecule has 2 saturated carbocycles. The summed E-state index contributed by atoms with van der Waals surface area (Å²) >= 11 is 6.19. The normalized spacial score (nSPS) is 26.4. The van der Waals surface area contributed by atoms with E-state index in [-0.39, 0.29) is 34.0 Å². The van der Waals surface area contributed by atoms with Gasteiger partial charge in [0.05, 0.1) is 15.2 Å². The van der Waals surface area contributed by atoms with E-state index in [1.807, 2.05) is 0 Å². The molecular weight excluding hydrogens is 495 g/mol. The van der Waals surface area contributed by atoms with Gasteiger partial charge < -0.3 is 10.4 Å². The van der Waals surface area contributed by atoms with Crippen LogP contribution in [0.5, 0.6) is 0 Å². The van der Waals surface area contributed by atoms with E-state index in [1.54, 1.807) is 0 Å². The summed E-state index contributed by atoms with van der Waals surface area (Å²) in [5, 5.41) is 11.9. The number of Topliss-reactive ketones (excluding diaryl/α,β-unsaturated/α-hetero) is 1. The number of hydrogen-bond donors (Lipinski definition) is 2. The minimum Gasteiger partial charge on any atom is -0.382 e. The van der Waals surface area contributed by atoms with Crippen molar-refractivity contribution in [3.8, 4) is 0 Å². The van der Waals surface area contributed by atoms with Gasteiger partial charge in [-0.1, -0.05) is 11.6 Å². The maximum Gasteiger partial charge on any atom is 0.255 e. The standard InChI is InChI=1S/C23H21ClF3NO5S/c1-11(29)23(31)9-13-2-3-14(10-23)21(13)34(32,33)19-6-12(4-5-16(19)24)22(30)28-15-7-17(25)20(27)18(26)8-15/h4-8,13-14,21,31H,2-3,9-10H2,1H3,(H,28,30). The number of benzene rings is 2. The Morgan fingerprint density at radius 2 is 1.62 bits per heavy atom. The van der Waals surface area contributed by atoms with Crippen molar-refractivity contribution in [3.05, 3.63) is 58.4 Å². The van der Waals surface area contributed by atoms with Crippen LogP contribution in [0.3, 0.4) is 0 Å². The monoisotopic (exact) mass is 515 g/mol. The van der Waals surface area contributed by atoms with Gasteiger partial charge in [0.1, 0.15) is 5.60 Å². The van der Waals surface area contributed by atoms with Crippen molar-refractivity contribution >= 4 is 38.8 Å². The highest BCUT2D eigenvalue weighted by Gasteiger charge is 2.55. The lowest BCUT2D eigenvalue weighted by molar-refractivity contribution is -0.140. The Morgan fingerprint density at radius 1 is 1.06 bits per heavy atom. The lowest BCUT2D eigenvalue weighted by Crippen LogP contribution is -2.49. The molecule has 2 aliphatic carbocycles. The van der Waals surface area contributed by atoms with Gasteiger partial charge in [0.25, 0.3) is 5.91 Å². The third kappa shape index (κ3) is 4.23. The molecule has 2 N–H and O–H groups in total. The molecule has 1 amide bonds. The Balaban J connectivity index is 1.63. The lowest BCUT2D eigenvalue weighted by Gasteiger charge is -2.39. The number of hydrogen-bond acceptors (Lipinski definition) is 5. The lowest BCUT2D eigenvalue weighted by atomic mass is 9.75. The Kier molecular flexibility index (Phi) is 6.28. The highest BCUT2D eigenvalue weighted by molar-refractivity contribution is 7.92. The SMILES string of the molecule is CC(=O)C1(O)CC2CCC(C1)C2S(=O)(=O)c1cc(C(=O)Nc2cc(F)c(F)c(F)c2)ccc1Cl. The van der Waals surface area contributed by atoms with Gasteiger partial charge in [-0.05, 0) is 62.6 Å². The minimum atomic E-state index is -4.06. The fourth-order valence-electron chi connectivity index (χ4n) is 5.16. The van der Waals surface area contributed by atoms with Crippen LogP contribution in [0.15, 0.2) is 35.2 Å². The number of nitrogens with one attached hydrogen (secondary N) is 1. The topological polar surface area (TPSA) is 101 Å². The van der Waals surface area contributed by atoms with Crippen LogP contribution in [0, 0.1) is 29.3 Å². The fourth-order valence-corrected chi connectivity index (χ4v) is 8.01. The van der Waals surface area contributed by atoms with Gasteiger partial charge in [-0.25, -0.2) is 21.6 Å². The summed E-state index contributed by atoms with van der Waals surface area (Å²) in [6, 6.07) is 4.75. The van der Waals surface area contributed by atoms with Gasteiger partial charge in [0.15, 0.2) is 33.1 Å². The van der Waals surface area contributed by atoms with E-state index in [1.165, 1.54) is 19.1 Å². The molecule has 2 unspecified atom stereocenters. The number of ketones is 1. The van der Waals surface area contributed by atoms with Crippen LogP contribution in [0.25, 0.3) is 0 Å². The molecule has 6 nitrogen and oxygen atoms in total. The van der Waals surface area contributed by atoms with E-state index < -0.39 is 61.7 Å². The molecule has 0 heterocycles. The quantitative estimate of drug-likeness (QED) is 0.579. The van der Waals surface area contributed by atoms with Crippen LogP contribution in [0.4, 0.5) is 18.9 Å². The molecule has 34 heavy (non-hydrogen) atoms. The van der Waals surface area contributed by atoms with Gasteiger partial charge >= 0.3 is 0 Å². The summed E-state index contributed by atoms with van der Waals surface area (Å²) in [6.07, 6.45) is 1.12. The van der Waals surface area contributed by atoms with Gasteiger partial charge in [0, 0.05) is 23.4 Å². The Morgan fingerprint density at radius 3 is 2.15 bits per heavy atom. The molecule has 0 spiro atoms. The van der Waals surface area contributed by atoms with Crippen molar-refractivity contribution in [2.75, 3.05) is 5.32 Å². The second-order valence-corrected chi connectivity index (χ2v) is 11.4. The van der Waals surface area contributed by atoms with Crippen LogP contribution in [0.1, 0.15) is 43.0 Å². The molecule has 0 aliphatic heterocycles. The van der Waals surface area contributed by atoms with Crippen LogP contribution in [-0.2, 0) is 14.6 Å². The highest BCUT2D eigenvalue weighted by atomic mass is 35.5. The zero-order valence-corrected chi connectivity index (χ0v) is 19.5. The molecule has 182 valence electrons. The van der Waals surface area contributed by atoms with Crippen molar-refractivity contribution in [2.24, 2.45) is 11.8 Å². The summed E-state index contributed by atoms with van der Waals surface area (Å²) in [6.45, 7) is 1.28. The predicted molar refractivity (Wildman–Crippen MR) is 118 cm³/mol. The number of halogens is 4. The molecule has 2 aromatic rings. The van der Waals surface area contributed by atoms with Crippen LogP contribution in [-0.4, -0.2) is 36.1 Å². The molecule has 2 fully saturated rings. The third-order valence-electron chi connectivity index (χ3n) is 6.79. The first-order valence-electron chi connectivity index (χ1n) is 10.6. The van der Waals surface area contributed by atoms with E-state index in [0.29, 0.717) is 25.0 Å². The molecule has 2 atom stereocenters. The van der Waals surface area contributed by atoms with Crippen molar-refractivity contribution in [1.29, 1.82) is 0 Å². The molecule has 0 aromatic heterocycles. The van der Waals surface area contributed by atoms with E-state index in [0.717, 1.165) is 6.07 Å². The first-order chi connectivity index (χ1) is 15.8. The summed E-state index contributed by atoms with van der Waals surface area (Å²) in [7, 11) is -4.06. The molecule has 11 heteroatoms. The molecular formula is C23H21ClF3NO5S. The number of rotatable bonds is 5. The maximum atomic E-state index is 13.6. The van der Waals surface area contributed by atoms with Gasteiger partial charge in [-0.2, -0.15) is 0 Å². The summed E-state index contributed by atoms with van der Waals surface area (Å²) in [5.74, 6) is -6.84.